The van der Waals surface area contributed by atoms with E-state index in [1.54, 1.807) is 96.4 Å². The second kappa shape index (κ2) is 18.7. The summed E-state index contributed by atoms with van der Waals surface area (Å²) in [5, 5.41) is 21.4. The number of likely N-dealkylation sites (tertiary alicyclic amines) is 1. The summed E-state index contributed by atoms with van der Waals surface area (Å²) in [6.07, 6.45) is -2.55. The third-order valence-corrected chi connectivity index (χ3v) is 7.95. The Morgan fingerprint density at radius 2 is 1.57 bits per heavy atom. The molecular weight excluding hydrogens is 660 g/mol. The van der Waals surface area contributed by atoms with Crippen LogP contribution < -0.4 is 21.3 Å². The highest BCUT2D eigenvalue weighted by molar-refractivity contribution is 5.92. The molecule has 0 aliphatic carbocycles. The predicted octanol–water partition coefficient (Wildman–Crippen LogP) is 1.86. The maximum absolute atomic E-state index is 13.7. The molecule has 1 fully saturated rings. The molecule has 0 bridgehead atoms. The van der Waals surface area contributed by atoms with Crippen LogP contribution in [0.2, 0.25) is 0 Å². The van der Waals surface area contributed by atoms with Gasteiger partial charge in [-0.2, -0.15) is 0 Å². The standard InChI is InChI=1S/C36H50N6O9/c1-7-14-26(30(44)32(46)37-19-28(43)40-29(33(47)41(5)6)24-17-12-9-13-18-24)38-31(45)25-20-42(35(49)51-36(2,3)4)21-27(25)39-34(48)50-22-23-15-10-8-11-16-23/h8-13,15-18,25-27,29-30,44H,7,14,19-22H2,1-6H3,(H,37,46)(H,38,45)(H,39,48)(H,40,43)/t25?,26-,27?,29-,30?/m0/s1. The monoisotopic (exact) mass is 710 g/mol. The molecule has 6 amide bonds. The topological polar surface area (TPSA) is 196 Å². The zero-order valence-electron chi connectivity index (χ0n) is 30.0. The lowest BCUT2D eigenvalue weighted by Gasteiger charge is -2.26. The van der Waals surface area contributed by atoms with Crippen LogP contribution >= 0.6 is 0 Å². The number of rotatable bonds is 14. The molecule has 3 rings (SSSR count). The van der Waals surface area contributed by atoms with E-state index in [0.717, 1.165) is 5.56 Å². The second-order valence-corrected chi connectivity index (χ2v) is 13.5. The highest BCUT2D eigenvalue weighted by Gasteiger charge is 2.43. The number of nitrogens with zero attached hydrogens (tertiary/aromatic N) is 2. The number of carbonyl (C=O) groups is 6. The summed E-state index contributed by atoms with van der Waals surface area (Å²) in [5.74, 6) is -3.56. The average molecular weight is 711 g/mol. The molecule has 15 heteroatoms. The van der Waals surface area contributed by atoms with E-state index in [2.05, 4.69) is 21.3 Å². The number of likely N-dealkylation sites (N-methyl/N-ethyl adjacent to an activating group) is 1. The van der Waals surface area contributed by atoms with E-state index in [0.29, 0.717) is 12.0 Å². The van der Waals surface area contributed by atoms with Gasteiger partial charge in [-0.05, 0) is 38.3 Å². The molecule has 5 atom stereocenters. The minimum atomic E-state index is -1.75. The predicted molar refractivity (Wildman–Crippen MR) is 187 cm³/mol. The maximum atomic E-state index is 13.7. The van der Waals surface area contributed by atoms with Gasteiger partial charge >= 0.3 is 12.2 Å². The van der Waals surface area contributed by atoms with Crippen LogP contribution in [0, 0.1) is 5.92 Å². The lowest BCUT2D eigenvalue weighted by Crippen LogP contribution is -2.55. The van der Waals surface area contributed by atoms with Gasteiger partial charge in [0.1, 0.15) is 18.2 Å². The van der Waals surface area contributed by atoms with Gasteiger partial charge in [0.15, 0.2) is 6.10 Å². The summed E-state index contributed by atoms with van der Waals surface area (Å²) in [6.45, 7) is 6.20. The van der Waals surface area contributed by atoms with Crippen molar-refractivity contribution in [1.82, 2.24) is 31.1 Å². The van der Waals surface area contributed by atoms with Crippen molar-refractivity contribution in [3.8, 4) is 0 Å². The van der Waals surface area contributed by atoms with Crippen LogP contribution in [0.25, 0.3) is 0 Å². The van der Waals surface area contributed by atoms with Gasteiger partial charge < -0.3 is 45.6 Å². The molecule has 278 valence electrons. The summed E-state index contributed by atoms with van der Waals surface area (Å²) >= 11 is 0. The molecule has 15 nitrogen and oxygen atoms in total. The fourth-order valence-electron chi connectivity index (χ4n) is 5.38. The molecule has 0 spiro atoms. The number of alkyl carbamates (subject to hydrolysis) is 1. The molecule has 2 aromatic rings. The van der Waals surface area contributed by atoms with Gasteiger partial charge in [0.25, 0.3) is 5.91 Å². The van der Waals surface area contributed by atoms with Gasteiger partial charge in [-0.3, -0.25) is 19.2 Å². The summed E-state index contributed by atoms with van der Waals surface area (Å²) in [4.78, 5) is 80.6. The van der Waals surface area contributed by atoms with Crippen molar-refractivity contribution in [2.24, 2.45) is 5.92 Å². The van der Waals surface area contributed by atoms with Gasteiger partial charge in [0, 0.05) is 27.2 Å². The highest BCUT2D eigenvalue weighted by Crippen LogP contribution is 2.22. The van der Waals surface area contributed by atoms with E-state index in [1.165, 1.54) is 9.80 Å². The van der Waals surface area contributed by atoms with Crippen LogP contribution in [0.4, 0.5) is 9.59 Å². The number of hydrogen-bond donors (Lipinski definition) is 5. The van der Waals surface area contributed by atoms with Gasteiger partial charge in [-0.1, -0.05) is 74.0 Å². The van der Waals surface area contributed by atoms with Crippen molar-refractivity contribution in [1.29, 1.82) is 0 Å². The Labute approximate surface area is 298 Å². The molecule has 0 aromatic heterocycles. The van der Waals surface area contributed by atoms with Crippen LogP contribution in [0.15, 0.2) is 60.7 Å². The number of nitrogens with one attached hydrogen (secondary N) is 4. The number of hydrogen-bond acceptors (Lipinski definition) is 9. The van der Waals surface area contributed by atoms with E-state index in [1.807, 2.05) is 6.07 Å². The smallest absolute Gasteiger partial charge is 0.410 e. The molecule has 5 N–H and O–H groups in total. The minimum Gasteiger partial charge on any atom is -0.445 e. The number of aliphatic hydroxyl groups is 1. The second-order valence-electron chi connectivity index (χ2n) is 13.5. The lowest BCUT2D eigenvalue weighted by molar-refractivity contribution is -0.136. The summed E-state index contributed by atoms with van der Waals surface area (Å²) in [6, 6.07) is 14.7. The SMILES string of the molecule is CCC[C@H](NC(=O)C1CN(C(=O)OC(C)(C)C)CC1NC(=O)OCc1ccccc1)C(O)C(=O)NCC(=O)N[C@H](C(=O)N(C)C)c1ccccc1. The Morgan fingerprint density at radius 1 is 0.941 bits per heavy atom. The van der Waals surface area contributed by atoms with Gasteiger partial charge in [-0.25, -0.2) is 9.59 Å². The lowest BCUT2D eigenvalue weighted by atomic mass is 9.99. The third-order valence-electron chi connectivity index (χ3n) is 7.95. The maximum Gasteiger partial charge on any atom is 0.410 e. The molecule has 51 heavy (non-hydrogen) atoms. The first-order valence-electron chi connectivity index (χ1n) is 16.9. The zero-order chi connectivity index (χ0) is 37.7. The van der Waals surface area contributed by atoms with Crippen molar-refractivity contribution in [2.45, 2.75) is 77.0 Å². The van der Waals surface area contributed by atoms with E-state index in [4.69, 9.17) is 9.47 Å². The first-order chi connectivity index (χ1) is 24.1. The minimum absolute atomic E-state index is 0.0111. The molecule has 2 aromatic carbocycles. The quantitative estimate of drug-likeness (QED) is 0.194. The number of carbonyl (C=O) groups excluding carboxylic acids is 6. The Balaban J connectivity index is 1.66. The third kappa shape index (κ3) is 12.6. The highest BCUT2D eigenvalue weighted by atomic mass is 16.6. The van der Waals surface area contributed by atoms with Crippen LogP contribution in [0.1, 0.15) is 57.7 Å². The van der Waals surface area contributed by atoms with Crippen LogP contribution in [0.5, 0.6) is 0 Å². The number of ether oxygens (including phenoxy) is 2. The zero-order valence-corrected chi connectivity index (χ0v) is 30.0. The van der Waals surface area contributed by atoms with E-state index >= 15 is 0 Å². The largest absolute Gasteiger partial charge is 0.445 e. The molecule has 1 heterocycles. The van der Waals surface area contributed by atoms with Gasteiger partial charge in [-0.15, -0.1) is 0 Å². The van der Waals surface area contributed by atoms with E-state index in [-0.39, 0.29) is 32.0 Å². The van der Waals surface area contributed by atoms with Gasteiger partial charge in [0.2, 0.25) is 17.7 Å². The van der Waals surface area contributed by atoms with Crippen molar-refractivity contribution in [3.63, 3.8) is 0 Å². The summed E-state index contributed by atoms with van der Waals surface area (Å²) < 4.78 is 10.8. The summed E-state index contributed by atoms with van der Waals surface area (Å²) in [7, 11) is 3.11. The van der Waals surface area contributed by atoms with Crippen LogP contribution in [-0.4, -0.2) is 108 Å². The Hall–Kier alpha value is -5.18. The Bertz CT molecular complexity index is 1500. The van der Waals surface area contributed by atoms with E-state index < -0.39 is 72.2 Å². The number of amides is 6. The molecule has 1 saturated heterocycles. The Morgan fingerprint density at radius 3 is 2.16 bits per heavy atom. The fraction of sp³-hybridized carbons (Fsp3) is 0.500. The molecule has 0 radical (unpaired) electrons. The van der Waals surface area contributed by atoms with Crippen LogP contribution in [-0.2, 0) is 35.3 Å². The van der Waals surface area contributed by atoms with Crippen molar-refractivity contribution >= 4 is 35.8 Å². The average Bonchev–Trinajstić information content (AvgIpc) is 3.52. The van der Waals surface area contributed by atoms with E-state index in [9.17, 15) is 33.9 Å². The van der Waals surface area contributed by atoms with Crippen molar-refractivity contribution < 1.29 is 43.3 Å². The Kier molecular flexibility index (Phi) is 14.8. The molecule has 1 aliphatic heterocycles. The molecule has 3 unspecified atom stereocenters. The molecule has 1 aliphatic rings. The number of aliphatic hydroxyl groups excluding tert-OH is 1. The molecular formula is C36H50N6O9. The number of benzene rings is 2. The first kappa shape index (κ1) is 40.3. The van der Waals surface area contributed by atoms with Crippen molar-refractivity contribution in [3.05, 3.63) is 71.8 Å². The summed E-state index contributed by atoms with van der Waals surface area (Å²) in [5.41, 5.74) is 0.505. The first-order valence-corrected chi connectivity index (χ1v) is 16.9. The van der Waals surface area contributed by atoms with Crippen molar-refractivity contribution in [2.75, 3.05) is 33.7 Å². The normalized spacial score (nSPS) is 17.3. The molecule has 0 saturated carbocycles. The fourth-order valence-corrected chi connectivity index (χ4v) is 5.38. The van der Waals surface area contributed by atoms with Crippen LogP contribution in [0.3, 0.4) is 0 Å². The van der Waals surface area contributed by atoms with Gasteiger partial charge in [0.05, 0.1) is 24.5 Å².